The SMILES string of the molecule is c1ccc(-c2ccc(-n3c4ccccc4c4c5c(ccc43)Oc3c(ccc4c3c3ccccc3n4-c3ccc(-c4ccccc4)cc3)O5)cc2)cc1. The van der Waals surface area contributed by atoms with Gasteiger partial charge in [-0.05, 0) is 82.9 Å². The molecule has 0 amide bonds. The summed E-state index contributed by atoms with van der Waals surface area (Å²) in [4.78, 5) is 0. The molecule has 0 saturated heterocycles. The maximum absolute atomic E-state index is 6.91. The molecule has 0 saturated carbocycles. The molecule has 0 N–H and O–H groups in total. The van der Waals surface area contributed by atoms with Gasteiger partial charge in [0.2, 0.25) is 0 Å². The van der Waals surface area contributed by atoms with E-state index < -0.39 is 0 Å². The Balaban J connectivity index is 1.05. The molecular formula is C48H30N2O2. The zero-order chi connectivity index (χ0) is 34.2. The summed E-state index contributed by atoms with van der Waals surface area (Å²) in [5.41, 5.74) is 11.3. The maximum atomic E-state index is 6.91. The number of ether oxygens (including phenoxy) is 2. The topological polar surface area (TPSA) is 28.3 Å². The summed E-state index contributed by atoms with van der Waals surface area (Å²) >= 11 is 0. The number of fused-ring (bicyclic) bond motifs is 10. The molecule has 4 nitrogen and oxygen atoms in total. The Morgan fingerprint density at radius 3 is 1.08 bits per heavy atom. The average Bonchev–Trinajstić information content (AvgIpc) is 3.74. The lowest BCUT2D eigenvalue weighted by Gasteiger charge is -2.22. The Hall–Kier alpha value is -7.04. The number of rotatable bonds is 4. The first-order valence-electron chi connectivity index (χ1n) is 17.6. The van der Waals surface area contributed by atoms with Crippen molar-refractivity contribution >= 4 is 43.6 Å². The quantitative estimate of drug-likeness (QED) is 0.187. The van der Waals surface area contributed by atoms with E-state index in [2.05, 4.69) is 179 Å². The number of benzene rings is 8. The van der Waals surface area contributed by atoms with Crippen molar-refractivity contribution in [2.45, 2.75) is 0 Å². The minimum atomic E-state index is 0.707. The van der Waals surface area contributed by atoms with E-state index in [0.29, 0.717) is 11.5 Å². The van der Waals surface area contributed by atoms with Gasteiger partial charge in [0.05, 0.1) is 32.8 Å². The molecular weight excluding hydrogens is 637 g/mol. The Bertz CT molecular complexity index is 2770. The fourth-order valence-corrected chi connectivity index (χ4v) is 8.03. The highest BCUT2D eigenvalue weighted by Gasteiger charge is 2.28. The Labute approximate surface area is 300 Å². The first-order chi connectivity index (χ1) is 25.8. The van der Waals surface area contributed by atoms with E-state index in [4.69, 9.17) is 9.47 Å². The van der Waals surface area contributed by atoms with E-state index in [1.54, 1.807) is 0 Å². The summed E-state index contributed by atoms with van der Waals surface area (Å²) in [7, 11) is 0. The highest BCUT2D eigenvalue weighted by molar-refractivity contribution is 6.16. The summed E-state index contributed by atoms with van der Waals surface area (Å²) in [6.45, 7) is 0. The van der Waals surface area contributed by atoms with Gasteiger partial charge in [-0.15, -0.1) is 0 Å². The van der Waals surface area contributed by atoms with Crippen molar-refractivity contribution in [2.24, 2.45) is 0 Å². The Morgan fingerprint density at radius 1 is 0.288 bits per heavy atom. The standard InChI is InChI=1S/C48H30N2O2/c1-3-11-31(12-4-1)33-19-23-35(24-20-33)49-39-17-9-7-15-37(39)45-41(49)27-29-43-47(45)51-44-30-28-42-46(48(44)52-43)38-16-8-10-18-40(38)50(42)36-25-21-34(22-26-36)32-13-5-2-6-14-32/h1-30H. The lowest BCUT2D eigenvalue weighted by molar-refractivity contribution is 0.367. The van der Waals surface area contributed by atoms with Crippen LogP contribution in [0.1, 0.15) is 0 Å². The second kappa shape index (κ2) is 11.2. The largest absolute Gasteiger partial charge is 0.449 e. The van der Waals surface area contributed by atoms with Gasteiger partial charge in [-0.1, -0.05) is 121 Å². The van der Waals surface area contributed by atoms with Crippen molar-refractivity contribution in [2.75, 3.05) is 0 Å². The highest BCUT2D eigenvalue weighted by atomic mass is 16.6. The monoisotopic (exact) mass is 666 g/mol. The minimum Gasteiger partial charge on any atom is -0.449 e. The van der Waals surface area contributed by atoms with Gasteiger partial charge >= 0.3 is 0 Å². The van der Waals surface area contributed by atoms with Gasteiger partial charge in [-0.2, -0.15) is 0 Å². The highest BCUT2D eigenvalue weighted by Crippen LogP contribution is 2.54. The molecule has 0 radical (unpaired) electrons. The van der Waals surface area contributed by atoms with Gasteiger partial charge in [0.1, 0.15) is 0 Å². The zero-order valence-electron chi connectivity index (χ0n) is 28.0. The average molecular weight is 667 g/mol. The van der Waals surface area contributed by atoms with Crippen molar-refractivity contribution in [3.05, 3.63) is 182 Å². The van der Waals surface area contributed by atoms with Crippen molar-refractivity contribution in [1.82, 2.24) is 9.13 Å². The van der Waals surface area contributed by atoms with Gasteiger partial charge in [0.15, 0.2) is 23.0 Å². The van der Waals surface area contributed by atoms with Crippen LogP contribution in [-0.2, 0) is 0 Å². The summed E-state index contributed by atoms with van der Waals surface area (Å²) in [6, 6.07) is 64.0. The predicted octanol–water partition coefficient (Wildman–Crippen LogP) is 13.1. The molecule has 244 valence electrons. The molecule has 4 heteroatoms. The summed E-state index contributed by atoms with van der Waals surface area (Å²) in [6.07, 6.45) is 0. The molecule has 52 heavy (non-hydrogen) atoms. The van der Waals surface area contributed by atoms with Gasteiger partial charge in [-0.3, -0.25) is 0 Å². The fourth-order valence-electron chi connectivity index (χ4n) is 8.03. The van der Waals surface area contributed by atoms with Crippen molar-refractivity contribution in [3.8, 4) is 56.6 Å². The van der Waals surface area contributed by atoms with Crippen LogP contribution < -0.4 is 9.47 Å². The normalized spacial score (nSPS) is 12.2. The molecule has 0 spiro atoms. The van der Waals surface area contributed by atoms with Crippen LogP contribution >= 0.6 is 0 Å². The van der Waals surface area contributed by atoms with Crippen molar-refractivity contribution in [1.29, 1.82) is 0 Å². The number of nitrogens with zero attached hydrogens (tertiary/aromatic N) is 2. The molecule has 0 fully saturated rings. The van der Waals surface area contributed by atoms with Crippen molar-refractivity contribution < 1.29 is 9.47 Å². The summed E-state index contributed by atoms with van der Waals surface area (Å²) < 4.78 is 18.5. The van der Waals surface area contributed by atoms with E-state index in [1.807, 2.05) is 12.1 Å². The van der Waals surface area contributed by atoms with Crippen LogP contribution in [-0.4, -0.2) is 9.13 Å². The second-order valence-corrected chi connectivity index (χ2v) is 13.3. The maximum Gasteiger partial charge on any atom is 0.180 e. The molecule has 3 heterocycles. The van der Waals surface area contributed by atoms with Crippen LogP contribution in [0.25, 0.3) is 77.2 Å². The molecule has 0 bridgehead atoms. The van der Waals surface area contributed by atoms with Crippen LogP contribution in [0.3, 0.4) is 0 Å². The smallest absolute Gasteiger partial charge is 0.180 e. The number of para-hydroxylation sites is 2. The number of hydrogen-bond acceptors (Lipinski definition) is 2. The van der Waals surface area contributed by atoms with Gasteiger partial charge in [-0.25, -0.2) is 0 Å². The van der Waals surface area contributed by atoms with Crippen molar-refractivity contribution in [3.63, 3.8) is 0 Å². The molecule has 0 unspecified atom stereocenters. The first kappa shape index (κ1) is 28.8. The molecule has 2 aromatic heterocycles. The van der Waals surface area contributed by atoms with Crippen LogP contribution in [0.15, 0.2) is 182 Å². The van der Waals surface area contributed by atoms with Crippen LogP contribution in [0.5, 0.6) is 23.0 Å². The molecule has 0 aliphatic carbocycles. The third-order valence-electron chi connectivity index (χ3n) is 10.4. The van der Waals surface area contributed by atoms with Crippen LogP contribution in [0.2, 0.25) is 0 Å². The predicted molar refractivity (Wildman–Crippen MR) is 213 cm³/mol. The molecule has 10 aromatic rings. The van der Waals surface area contributed by atoms with E-state index in [0.717, 1.165) is 66.5 Å². The van der Waals surface area contributed by atoms with E-state index in [1.165, 1.54) is 22.3 Å². The molecule has 1 aliphatic rings. The number of hydrogen-bond donors (Lipinski definition) is 0. The fraction of sp³-hybridized carbons (Fsp3) is 0. The van der Waals surface area contributed by atoms with Gasteiger partial charge in [0, 0.05) is 22.1 Å². The third-order valence-corrected chi connectivity index (χ3v) is 10.4. The lowest BCUT2D eigenvalue weighted by Crippen LogP contribution is -2.01. The van der Waals surface area contributed by atoms with E-state index >= 15 is 0 Å². The Kier molecular flexibility index (Phi) is 6.22. The molecule has 11 rings (SSSR count). The number of aromatic nitrogens is 2. The van der Waals surface area contributed by atoms with E-state index in [9.17, 15) is 0 Å². The van der Waals surface area contributed by atoms with E-state index in [-0.39, 0.29) is 0 Å². The van der Waals surface area contributed by atoms with Gasteiger partial charge in [0.25, 0.3) is 0 Å². The van der Waals surface area contributed by atoms with Crippen LogP contribution in [0, 0.1) is 0 Å². The van der Waals surface area contributed by atoms with Crippen LogP contribution in [0.4, 0.5) is 0 Å². The summed E-state index contributed by atoms with van der Waals surface area (Å²) in [5, 5.41) is 4.30. The zero-order valence-corrected chi connectivity index (χ0v) is 28.0. The lowest BCUT2D eigenvalue weighted by atomic mass is 10.1. The molecule has 8 aromatic carbocycles. The Morgan fingerprint density at radius 2 is 0.654 bits per heavy atom. The summed E-state index contributed by atoms with van der Waals surface area (Å²) in [5.74, 6) is 2.89. The third kappa shape index (κ3) is 4.28. The first-order valence-corrected chi connectivity index (χ1v) is 17.6. The second-order valence-electron chi connectivity index (χ2n) is 13.3. The minimum absolute atomic E-state index is 0.707. The molecule has 1 aliphatic heterocycles. The van der Waals surface area contributed by atoms with Gasteiger partial charge < -0.3 is 18.6 Å². The molecule has 0 atom stereocenters.